The number of oxazole rings is 1. The summed E-state index contributed by atoms with van der Waals surface area (Å²) in [5.41, 5.74) is 1.38. The maximum atomic E-state index is 12.4. The van der Waals surface area contributed by atoms with Crippen LogP contribution in [0.4, 0.5) is 0 Å². The molecular formula is C18H18N4O2. The largest absolute Gasteiger partial charge is 0.432 e. The van der Waals surface area contributed by atoms with Gasteiger partial charge in [0.25, 0.3) is 5.89 Å². The fourth-order valence-electron chi connectivity index (χ4n) is 3.58. The Morgan fingerprint density at radius 3 is 2.67 bits per heavy atom. The second-order valence-corrected chi connectivity index (χ2v) is 6.44. The molecule has 3 aliphatic rings. The number of amides is 1. The molecule has 5 rings (SSSR count). The summed E-state index contributed by atoms with van der Waals surface area (Å²) in [6.45, 7) is 3.19. The number of nitrogens with one attached hydrogen (secondary N) is 1. The standard InChI is InChI=1S/C18H18N4O2/c19-9-12-1-3-14(4-2-12)16-10-20-18(24-16)17(23)21-15-11-22-7-5-13(15)6-8-22/h1-4,10,13,15H,5-8,11H2,(H,21,23). The van der Waals surface area contributed by atoms with Gasteiger partial charge in [-0.3, -0.25) is 4.79 Å². The smallest absolute Gasteiger partial charge is 0.307 e. The Hall–Kier alpha value is -2.65. The molecule has 0 aliphatic carbocycles. The van der Waals surface area contributed by atoms with Gasteiger partial charge in [-0.05, 0) is 56.1 Å². The van der Waals surface area contributed by atoms with Crippen LogP contribution in [0.3, 0.4) is 0 Å². The molecule has 1 N–H and O–H groups in total. The zero-order valence-corrected chi connectivity index (χ0v) is 13.2. The van der Waals surface area contributed by atoms with Crippen LogP contribution in [0.15, 0.2) is 34.9 Å². The number of carbonyl (C=O) groups is 1. The normalized spacial score (nSPS) is 25.2. The van der Waals surface area contributed by atoms with Crippen molar-refractivity contribution in [3.05, 3.63) is 41.9 Å². The van der Waals surface area contributed by atoms with Crippen LogP contribution in [-0.2, 0) is 0 Å². The fourth-order valence-corrected chi connectivity index (χ4v) is 3.58. The van der Waals surface area contributed by atoms with Crippen molar-refractivity contribution in [1.82, 2.24) is 15.2 Å². The van der Waals surface area contributed by atoms with Crippen LogP contribution in [0.5, 0.6) is 0 Å². The van der Waals surface area contributed by atoms with Gasteiger partial charge in [-0.15, -0.1) is 0 Å². The van der Waals surface area contributed by atoms with Crippen molar-refractivity contribution >= 4 is 5.91 Å². The summed E-state index contributed by atoms with van der Waals surface area (Å²) in [6, 6.07) is 9.26. The van der Waals surface area contributed by atoms with Gasteiger partial charge in [0, 0.05) is 18.2 Å². The summed E-state index contributed by atoms with van der Waals surface area (Å²) >= 11 is 0. The van der Waals surface area contributed by atoms with Crippen LogP contribution in [-0.4, -0.2) is 41.5 Å². The van der Waals surface area contributed by atoms with Crippen LogP contribution in [0.2, 0.25) is 0 Å². The van der Waals surface area contributed by atoms with E-state index in [0.717, 1.165) is 38.0 Å². The highest BCUT2D eigenvalue weighted by molar-refractivity contribution is 5.90. The van der Waals surface area contributed by atoms with E-state index in [1.807, 2.05) is 0 Å². The third-order valence-electron chi connectivity index (χ3n) is 4.97. The summed E-state index contributed by atoms with van der Waals surface area (Å²) in [7, 11) is 0. The number of carbonyl (C=O) groups excluding carboxylic acids is 1. The van der Waals surface area contributed by atoms with E-state index in [9.17, 15) is 4.79 Å². The van der Waals surface area contributed by atoms with E-state index in [1.54, 1.807) is 30.5 Å². The Labute approximate surface area is 140 Å². The highest BCUT2D eigenvalue weighted by Gasteiger charge is 2.35. The second-order valence-electron chi connectivity index (χ2n) is 6.44. The average Bonchev–Trinajstić information content (AvgIpc) is 3.13. The summed E-state index contributed by atoms with van der Waals surface area (Å²) in [4.78, 5) is 18.9. The van der Waals surface area contributed by atoms with Crippen LogP contribution >= 0.6 is 0 Å². The predicted octanol–water partition coefficient (Wildman–Crippen LogP) is 2.04. The minimum atomic E-state index is -0.256. The van der Waals surface area contributed by atoms with Gasteiger partial charge in [0.1, 0.15) is 0 Å². The molecule has 1 aromatic heterocycles. The number of nitrogens with zero attached hydrogens (tertiary/aromatic N) is 3. The van der Waals surface area contributed by atoms with Gasteiger partial charge in [0.05, 0.1) is 17.8 Å². The quantitative estimate of drug-likeness (QED) is 0.935. The first-order chi connectivity index (χ1) is 11.7. The molecule has 3 aliphatic heterocycles. The van der Waals surface area contributed by atoms with Gasteiger partial charge in [-0.25, -0.2) is 4.98 Å². The summed E-state index contributed by atoms with van der Waals surface area (Å²) in [6.07, 6.45) is 3.84. The molecule has 0 radical (unpaired) electrons. The second kappa shape index (κ2) is 6.10. The Morgan fingerprint density at radius 2 is 2.04 bits per heavy atom. The zero-order valence-electron chi connectivity index (χ0n) is 13.2. The lowest BCUT2D eigenvalue weighted by Crippen LogP contribution is -2.57. The average molecular weight is 322 g/mol. The number of benzene rings is 1. The highest BCUT2D eigenvalue weighted by Crippen LogP contribution is 2.28. The minimum absolute atomic E-state index is 0.0887. The number of rotatable bonds is 3. The lowest BCUT2D eigenvalue weighted by Gasteiger charge is -2.44. The Kier molecular flexibility index (Phi) is 3.79. The summed E-state index contributed by atoms with van der Waals surface area (Å²) < 4.78 is 5.61. The predicted molar refractivity (Wildman–Crippen MR) is 87.1 cm³/mol. The molecule has 122 valence electrons. The number of aromatic nitrogens is 1. The van der Waals surface area contributed by atoms with E-state index in [0.29, 0.717) is 17.2 Å². The third-order valence-corrected chi connectivity index (χ3v) is 4.97. The number of fused-ring (bicyclic) bond motifs is 3. The Balaban J connectivity index is 1.46. The maximum absolute atomic E-state index is 12.4. The van der Waals surface area contributed by atoms with Crippen LogP contribution in [0.25, 0.3) is 11.3 Å². The van der Waals surface area contributed by atoms with Crippen molar-refractivity contribution in [2.45, 2.75) is 18.9 Å². The Bertz CT molecular complexity index is 782. The molecule has 1 aromatic carbocycles. The van der Waals surface area contributed by atoms with Crippen molar-refractivity contribution in [3.63, 3.8) is 0 Å². The first-order valence-electron chi connectivity index (χ1n) is 8.22. The molecule has 1 unspecified atom stereocenters. The minimum Gasteiger partial charge on any atom is -0.432 e. The molecule has 6 heteroatoms. The number of nitriles is 1. The van der Waals surface area contributed by atoms with Crippen LogP contribution < -0.4 is 5.32 Å². The monoisotopic (exact) mass is 322 g/mol. The SMILES string of the molecule is N#Cc1ccc(-c2cnc(C(=O)NC3CN4CCC3CC4)o2)cc1. The molecule has 3 fully saturated rings. The first-order valence-corrected chi connectivity index (χ1v) is 8.22. The summed E-state index contributed by atoms with van der Waals surface area (Å²) in [5.74, 6) is 0.921. The number of hydrogen-bond donors (Lipinski definition) is 1. The number of hydrogen-bond acceptors (Lipinski definition) is 5. The topological polar surface area (TPSA) is 82.2 Å². The van der Waals surface area contributed by atoms with E-state index < -0.39 is 0 Å². The van der Waals surface area contributed by atoms with Gasteiger partial charge >= 0.3 is 5.91 Å². The van der Waals surface area contributed by atoms with Crippen LogP contribution in [0.1, 0.15) is 29.1 Å². The van der Waals surface area contributed by atoms with E-state index in [1.165, 1.54) is 0 Å². The van der Waals surface area contributed by atoms with Crippen molar-refractivity contribution < 1.29 is 9.21 Å². The molecule has 0 saturated carbocycles. The van der Waals surface area contributed by atoms with E-state index in [2.05, 4.69) is 21.3 Å². The van der Waals surface area contributed by atoms with Gasteiger partial charge < -0.3 is 14.6 Å². The fraction of sp³-hybridized carbons (Fsp3) is 0.389. The van der Waals surface area contributed by atoms with Gasteiger partial charge in [0.15, 0.2) is 5.76 Å². The van der Waals surface area contributed by atoms with Crippen molar-refractivity contribution in [1.29, 1.82) is 5.26 Å². The molecule has 24 heavy (non-hydrogen) atoms. The summed E-state index contributed by atoms with van der Waals surface area (Å²) in [5, 5.41) is 11.9. The van der Waals surface area contributed by atoms with Gasteiger partial charge in [-0.2, -0.15) is 5.26 Å². The molecule has 2 aromatic rings. The Morgan fingerprint density at radius 1 is 1.29 bits per heavy atom. The zero-order chi connectivity index (χ0) is 16.5. The van der Waals surface area contributed by atoms with Gasteiger partial charge in [0.2, 0.25) is 0 Å². The lowest BCUT2D eigenvalue weighted by molar-refractivity contribution is 0.0602. The van der Waals surface area contributed by atoms with Crippen molar-refractivity contribution in [3.8, 4) is 17.4 Å². The molecule has 1 atom stereocenters. The van der Waals surface area contributed by atoms with E-state index >= 15 is 0 Å². The van der Waals surface area contributed by atoms with Crippen molar-refractivity contribution in [2.75, 3.05) is 19.6 Å². The third kappa shape index (κ3) is 2.79. The molecule has 3 saturated heterocycles. The first kappa shape index (κ1) is 14.9. The van der Waals surface area contributed by atoms with E-state index in [4.69, 9.17) is 9.68 Å². The molecule has 6 nitrogen and oxygen atoms in total. The molecule has 0 spiro atoms. The van der Waals surface area contributed by atoms with Crippen LogP contribution in [0, 0.1) is 17.2 Å². The van der Waals surface area contributed by atoms with Crippen molar-refractivity contribution in [2.24, 2.45) is 5.92 Å². The van der Waals surface area contributed by atoms with Gasteiger partial charge in [-0.1, -0.05) is 0 Å². The molecular weight excluding hydrogens is 304 g/mol. The number of piperidine rings is 3. The lowest BCUT2D eigenvalue weighted by atomic mass is 9.84. The maximum Gasteiger partial charge on any atom is 0.307 e. The molecule has 2 bridgehead atoms. The van der Waals surface area contributed by atoms with E-state index in [-0.39, 0.29) is 17.8 Å². The highest BCUT2D eigenvalue weighted by atomic mass is 16.4. The molecule has 1 amide bonds. The molecule has 4 heterocycles.